The Kier molecular flexibility index (Phi) is 5.36. The van der Waals surface area contributed by atoms with Gasteiger partial charge in [0.1, 0.15) is 15.7 Å². The van der Waals surface area contributed by atoms with Gasteiger partial charge in [0.05, 0.1) is 5.75 Å². The predicted octanol–water partition coefficient (Wildman–Crippen LogP) is 2.00. The zero-order valence-corrected chi connectivity index (χ0v) is 11.1. The largest absolute Gasteiger partial charge is 0.313 e. The number of rotatable bonds is 6. The van der Waals surface area contributed by atoms with E-state index in [1.807, 2.05) is 0 Å². The maximum Gasteiger partial charge on any atom is 0.147 e. The van der Waals surface area contributed by atoms with Crippen molar-refractivity contribution < 1.29 is 12.8 Å². The van der Waals surface area contributed by atoms with E-state index in [4.69, 9.17) is 11.6 Å². The van der Waals surface area contributed by atoms with Gasteiger partial charge in [0, 0.05) is 23.4 Å². The topological polar surface area (TPSA) is 46.2 Å². The molecule has 0 aliphatic rings. The molecule has 0 heterocycles. The highest BCUT2D eigenvalue weighted by Gasteiger charge is 2.03. The second kappa shape index (κ2) is 6.33. The molecule has 0 aromatic heterocycles. The number of hydrogen-bond acceptors (Lipinski definition) is 3. The second-order valence-electron chi connectivity index (χ2n) is 3.90. The van der Waals surface area contributed by atoms with Crippen molar-refractivity contribution in [3.05, 3.63) is 34.6 Å². The van der Waals surface area contributed by atoms with E-state index in [-0.39, 0.29) is 11.6 Å². The molecule has 0 amide bonds. The summed E-state index contributed by atoms with van der Waals surface area (Å²) in [5.41, 5.74) is 0.483. The molecule has 0 unspecified atom stereocenters. The Bertz CT molecular complexity index is 476. The third-order valence-corrected chi connectivity index (χ3v) is 3.46. The van der Waals surface area contributed by atoms with E-state index in [1.54, 1.807) is 6.07 Å². The fourth-order valence-corrected chi connectivity index (χ4v) is 2.22. The summed E-state index contributed by atoms with van der Waals surface area (Å²) in [7, 11) is -2.92. The SMILES string of the molecule is CS(=O)(=O)CCCNCc1cc(Cl)ccc1F. The summed E-state index contributed by atoms with van der Waals surface area (Å²) in [4.78, 5) is 0. The Morgan fingerprint density at radius 2 is 2.12 bits per heavy atom. The van der Waals surface area contributed by atoms with Crippen LogP contribution in [0.2, 0.25) is 5.02 Å². The van der Waals surface area contributed by atoms with E-state index in [9.17, 15) is 12.8 Å². The minimum atomic E-state index is -2.92. The summed E-state index contributed by atoms with van der Waals surface area (Å²) in [5.74, 6) is -0.178. The van der Waals surface area contributed by atoms with Gasteiger partial charge in [-0.15, -0.1) is 0 Å². The fraction of sp³-hybridized carbons (Fsp3) is 0.455. The Balaban J connectivity index is 2.34. The predicted molar refractivity (Wildman–Crippen MR) is 67.4 cm³/mol. The Hall–Kier alpha value is -0.650. The van der Waals surface area contributed by atoms with Crippen LogP contribution in [0.5, 0.6) is 0 Å². The maximum atomic E-state index is 13.3. The van der Waals surface area contributed by atoms with Gasteiger partial charge < -0.3 is 5.32 Å². The zero-order chi connectivity index (χ0) is 12.9. The molecule has 1 aromatic carbocycles. The molecule has 0 saturated carbocycles. The van der Waals surface area contributed by atoms with Crippen LogP contribution in [-0.4, -0.2) is 27.0 Å². The molecule has 0 spiro atoms. The molecule has 0 radical (unpaired) electrons. The summed E-state index contributed by atoms with van der Waals surface area (Å²) < 4.78 is 35.0. The zero-order valence-electron chi connectivity index (χ0n) is 9.54. The molecule has 1 N–H and O–H groups in total. The molecule has 0 fully saturated rings. The van der Waals surface area contributed by atoms with Crippen LogP contribution in [0.15, 0.2) is 18.2 Å². The summed E-state index contributed by atoms with van der Waals surface area (Å²) in [5, 5.41) is 3.46. The molecule has 96 valence electrons. The Morgan fingerprint density at radius 1 is 1.41 bits per heavy atom. The van der Waals surface area contributed by atoms with Crippen LogP contribution in [0.25, 0.3) is 0 Å². The van der Waals surface area contributed by atoms with E-state index in [1.165, 1.54) is 18.4 Å². The molecule has 0 atom stereocenters. The first kappa shape index (κ1) is 14.4. The first-order valence-electron chi connectivity index (χ1n) is 5.21. The summed E-state index contributed by atoms with van der Waals surface area (Å²) >= 11 is 5.74. The average Bonchev–Trinajstić information content (AvgIpc) is 2.21. The van der Waals surface area contributed by atoms with Crippen LogP contribution in [0.3, 0.4) is 0 Å². The van der Waals surface area contributed by atoms with Crippen LogP contribution in [0, 0.1) is 5.82 Å². The molecule has 1 rings (SSSR count). The number of nitrogens with one attached hydrogen (secondary N) is 1. The van der Waals surface area contributed by atoms with Gasteiger partial charge in [-0.1, -0.05) is 11.6 Å². The van der Waals surface area contributed by atoms with Crippen LogP contribution >= 0.6 is 11.6 Å². The summed E-state index contributed by atoms with van der Waals surface area (Å²) in [6, 6.07) is 4.36. The van der Waals surface area contributed by atoms with Gasteiger partial charge in [-0.05, 0) is 31.2 Å². The molecular formula is C11H15ClFNO2S. The lowest BCUT2D eigenvalue weighted by atomic mass is 10.2. The number of halogens is 2. The van der Waals surface area contributed by atoms with Crippen LogP contribution < -0.4 is 5.32 Å². The van der Waals surface area contributed by atoms with Crippen LogP contribution in [0.1, 0.15) is 12.0 Å². The Morgan fingerprint density at radius 3 is 2.76 bits per heavy atom. The van der Waals surface area contributed by atoms with E-state index in [0.717, 1.165) is 0 Å². The van der Waals surface area contributed by atoms with Crippen molar-refractivity contribution in [3.63, 3.8) is 0 Å². The van der Waals surface area contributed by atoms with Crippen LogP contribution in [0.4, 0.5) is 4.39 Å². The third-order valence-electron chi connectivity index (χ3n) is 2.19. The molecule has 17 heavy (non-hydrogen) atoms. The third kappa shape index (κ3) is 6.00. The lowest BCUT2D eigenvalue weighted by Gasteiger charge is -2.06. The van der Waals surface area contributed by atoms with Crippen molar-refractivity contribution >= 4 is 21.4 Å². The minimum Gasteiger partial charge on any atom is -0.313 e. The lowest BCUT2D eigenvalue weighted by molar-refractivity contribution is 0.579. The highest BCUT2D eigenvalue weighted by atomic mass is 35.5. The molecule has 1 aromatic rings. The van der Waals surface area contributed by atoms with Crippen molar-refractivity contribution in [3.8, 4) is 0 Å². The van der Waals surface area contributed by atoms with Gasteiger partial charge in [0.2, 0.25) is 0 Å². The lowest BCUT2D eigenvalue weighted by Crippen LogP contribution is -2.18. The summed E-state index contributed by atoms with van der Waals surface area (Å²) in [6.45, 7) is 0.870. The average molecular weight is 280 g/mol. The molecular weight excluding hydrogens is 265 g/mol. The van der Waals surface area contributed by atoms with Crippen molar-refractivity contribution in [2.24, 2.45) is 0 Å². The minimum absolute atomic E-state index is 0.137. The van der Waals surface area contributed by atoms with E-state index >= 15 is 0 Å². The van der Waals surface area contributed by atoms with E-state index in [0.29, 0.717) is 30.1 Å². The van der Waals surface area contributed by atoms with Gasteiger partial charge in [-0.25, -0.2) is 12.8 Å². The number of sulfone groups is 1. The second-order valence-corrected chi connectivity index (χ2v) is 6.59. The quantitative estimate of drug-likeness (QED) is 0.810. The van der Waals surface area contributed by atoms with Gasteiger partial charge in [-0.3, -0.25) is 0 Å². The molecule has 0 bridgehead atoms. The van der Waals surface area contributed by atoms with Crippen molar-refractivity contribution in [2.45, 2.75) is 13.0 Å². The molecule has 3 nitrogen and oxygen atoms in total. The highest BCUT2D eigenvalue weighted by Crippen LogP contribution is 2.14. The first-order chi connectivity index (χ1) is 7.88. The smallest absolute Gasteiger partial charge is 0.147 e. The van der Waals surface area contributed by atoms with E-state index < -0.39 is 9.84 Å². The van der Waals surface area contributed by atoms with E-state index in [2.05, 4.69) is 5.32 Å². The van der Waals surface area contributed by atoms with Crippen LogP contribution in [-0.2, 0) is 16.4 Å². The van der Waals surface area contributed by atoms with Crippen molar-refractivity contribution in [1.29, 1.82) is 0 Å². The fourth-order valence-electron chi connectivity index (χ4n) is 1.36. The van der Waals surface area contributed by atoms with Crippen molar-refractivity contribution in [2.75, 3.05) is 18.6 Å². The summed E-state index contributed by atoms with van der Waals surface area (Å²) in [6.07, 6.45) is 1.71. The molecule has 6 heteroatoms. The number of hydrogen-bond donors (Lipinski definition) is 1. The molecule has 0 saturated heterocycles. The van der Waals surface area contributed by atoms with Gasteiger partial charge >= 0.3 is 0 Å². The first-order valence-corrected chi connectivity index (χ1v) is 7.65. The van der Waals surface area contributed by atoms with Crippen molar-refractivity contribution in [1.82, 2.24) is 5.32 Å². The molecule has 0 aliphatic carbocycles. The van der Waals surface area contributed by atoms with Gasteiger partial charge in [0.25, 0.3) is 0 Å². The number of benzene rings is 1. The normalized spacial score (nSPS) is 11.7. The molecule has 0 aliphatic heterocycles. The van der Waals surface area contributed by atoms with Gasteiger partial charge in [0.15, 0.2) is 0 Å². The Labute approximate surface area is 106 Å². The standard InChI is InChI=1S/C11H15ClFNO2S/c1-17(15,16)6-2-5-14-8-9-7-10(12)3-4-11(9)13/h3-4,7,14H,2,5-6,8H2,1H3. The maximum absolute atomic E-state index is 13.3. The van der Waals surface area contributed by atoms with Gasteiger partial charge in [-0.2, -0.15) is 0 Å². The highest BCUT2D eigenvalue weighted by molar-refractivity contribution is 7.90. The monoisotopic (exact) mass is 279 g/mol.